The molecule has 1 aliphatic carbocycles. The highest BCUT2D eigenvalue weighted by molar-refractivity contribution is 7.89. The van der Waals surface area contributed by atoms with E-state index in [0.717, 1.165) is 18.9 Å². The molecule has 0 amide bonds. The van der Waals surface area contributed by atoms with Gasteiger partial charge in [-0.1, -0.05) is 18.9 Å². The molecule has 100 valence electrons. The Morgan fingerprint density at radius 1 is 1.33 bits per heavy atom. The van der Waals surface area contributed by atoms with Crippen LogP contribution >= 0.6 is 0 Å². The molecule has 0 bridgehead atoms. The third-order valence-corrected chi connectivity index (χ3v) is 4.14. The normalized spacial score (nSPS) is 15.6. The first-order valence-corrected chi connectivity index (χ1v) is 7.68. The first-order valence-electron chi connectivity index (χ1n) is 6.13. The van der Waals surface area contributed by atoms with Crippen LogP contribution in [0.15, 0.2) is 23.1 Å². The smallest absolute Gasteiger partial charge is 0.240 e. The number of sulfonamides is 1. The van der Waals surface area contributed by atoms with Gasteiger partial charge >= 0.3 is 0 Å². The van der Waals surface area contributed by atoms with Crippen molar-refractivity contribution in [1.82, 2.24) is 0 Å². The van der Waals surface area contributed by atoms with Crippen molar-refractivity contribution >= 4 is 21.4 Å². The molecule has 1 aromatic rings. The van der Waals surface area contributed by atoms with Crippen molar-refractivity contribution in [3.8, 4) is 0 Å². The largest absolute Gasteiger partial charge is 0.396 e. The van der Waals surface area contributed by atoms with Gasteiger partial charge in [0.05, 0.1) is 11.4 Å². The van der Waals surface area contributed by atoms with Crippen LogP contribution in [0.3, 0.4) is 0 Å². The van der Waals surface area contributed by atoms with Crippen molar-refractivity contribution in [2.75, 3.05) is 17.6 Å². The molecular formula is C12H19N3O2S. The molecule has 1 aliphatic rings. The maximum absolute atomic E-state index is 11.3. The monoisotopic (exact) mass is 269 g/mol. The van der Waals surface area contributed by atoms with Gasteiger partial charge in [-0.15, -0.1) is 0 Å². The van der Waals surface area contributed by atoms with Gasteiger partial charge in [0.2, 0.25) is 10.0 Å². The lowest BCUT2D eigenvalue weighted by molar-refractivity contribution is 0.598. The van der Waals surface area contributed by atoms with Gasteiger partial charge in [0.1, 0.15) is 4.90 Å². The minimum absolute atomic E-state index is 0.0188. The number of primary sulfonamides is 1. The molecule has 2 rings (SSSR count). The molecule has 1 aromatic carbocycles. The SMILES string of the molecule is Nc1c(NCCCC2CC2)cccc1S(N)(=O)=O. The highest BCUT2D eigenvalue weighted by Gasteiger charge is 2.20. The van der Waals surface area contributed by atoms with Crippen LogP contribution in [0.4, 0.5) is 11.4 Å². The minimum Gasteiger partial charge on any atom is -0.396 e. The zero-order valence-corrected chi connectivity index (χ0v) is 11.0. The standard InChI is InChI=1S/C12H19N3O2S/c13-12-10(15-8-2-3-9-6-7-9)4-1-5-11(12)18(14,16)17/h1,4-5,9,15H,2-3,6-8,13H2,(H2,14,16,17). The van der Waals surface area contributed by atoms with Gasteiger partial charge in [0, 0.05) is 6.54 Å². The summed E-state index contributed by atoms with van der Waals surface area (Å²) in [6, 6.07) is 4.82. The van der Waals surface area contributed by atoms with Crippen molar-refractivity contribution in [3.63, 3.8) is 0 Å². The van der Waals surface area contributed by atoms with E-state index in [9.17, 15) is 8.42 Å². The van der Waals surface area contributed by atoms with Gasteiger partial charge in [0.15, 0.2) is 0 Å². The Hall–Kier alpha value is -1.27. The maximum atomic E-state index is 11.3. The van der Waals surface area contributed by atoms with Crippen molar-refractivity contribution in [2.24, 2.45) is 11.1 Å². The number of nitrogens with one attached hydrogen (secondary N) is 1. The number of hydrogen-bond acceptors (Lipinski definition) is 4. The van der Waals surface area contributed by atoms with Crippen molar-refractivity contribution in [3.05, 3.63) is 18.2 Å². The van der Waals surface area contributed by atoms with Gasteiger partial charge in [-0.05, 0) is 30.9 Å². The van der Waals surface area contributed by atoms with Crippen molar-refractivity contribution in [1.29, 1.82) is 0 Å². The fraction of sp³-hybridized carbons (Fsp3) is 0.500. The average Bonchev–Trinajstić information content (AvgIpc) is 3.08. The van der Waals surface area contributed by atoms with E-state index in [2.05, 4.69) is 5.32 Å². The number of benzene rings is 1. The maximum Gasteiger partial charge on any atom is 0.240 e. The van der Waals surface area contributed by atoms with Crippen LogP contribution in [0.25, 0.3) is 0 Å². The Balaban J connectivity index is 1.99. The van der Waals surface area contributed by atoms with Crippen LogP contribution in [0.2, 0.25) is 0 Å². The summed E-state index contributed by atoms with van der Waals surface area (Å²) in [5.41, 5.74) is 6.64. The molecule has 0 heterocycles. The second-order valence-electron chi connectivity index (χ2n) is 4.77. The third kappa shape index (κ3) is 3.36. The van der Waals surface area contributed by atoms with E-state index in [4.69, 9.17) is 10.9 Å². The molecule has 0 unspecified atom stereocenters. The number of hydrogen-bond donors (Lipinski definition) is 3. The Labute approximate surface area is 108 Å². The van der Waals surface area contributed by atoms with Gasteiger partial charge < -0.3 is 11.1 Å². The third-order valence-electron chi connectivity index (χ3n) is 3.17. The molecule has 0 spiro atoms. The first-order chi connectivity index (χ1) is 8.48. The summed E-state index contributed by atoms with van der Waals surface area (Å²) in [4.78, 5) is -0.0188. The number of nitrogens with two attached hydrogens (primary N) is 2. The molecule has 1 fully saturated rings. The first kappa shape index (κ1) is 13.2. The molecule has 1 saturated carbocycles. The van der Waals surface area contributed by atoms with E-state index < -0.39 is 10.0 Å². The van der Waals surface area contributed by atoms with Crippen LogP contribution < -0.4 is 16.2 Å². The lowest BCUT2D eigenvalue weighted by atomic mass is 10.2. The van der Waals surface area contributed by atoms with E-state index in [1.807, 2.05) is 0 Å². The molecule has 0 saturated heterocycles. The predicted octanol–water partition coefficient (Wildman–Crippen LogP) is 1.52. The number of nitrogen functional groups attached to an aromatic ring is 1. The molecule has 0 aromatic heterocycles. The van der Waals surface area contributed by atoms with E-state index in [-0.39, 0.29) is 10.6 Å². The molecule has 6 heteroatoms. The molecule has 0 atom stereocenters. The molecule has 18 heavy (non-hydrogen) atoms. The van der Waals surface area contributed by atoms with Gasteiger partial charge in [-0.2, -0.15) is 0 Å². The van der Waals surface area contributed by atoms with E-state index in [1.165, 1.54) is 25.3 Å². The van der Waals surface area contributed by atoms with Gasteiger partial charge in [-0.25, -0.2) is 13.6 Å². The second-order valence-corrected chi connectivity index (χ2v) is 6.30. The molecule has 5 N–H and O–H groups in total. The predicted molar refractivity (Wildman–Crippen MR) is 72.7 cm³/mol. The van der Waals surface area contributed by atoms with Crippen LogP contribution in [0.1, 0.15) is 25.7 Å². The fourth-order valence-electron chi connectivity index (χ4n) is 1.97. The van der Waals surface area contributed by atoms with Gasteiger partial charge in [0.25, 0.3) is 0 Å². The van der Waals surface area contributed by atoms with Gasteiger partial charge in [-0.3, -0.25) is 0 Å². The Bertz CT molecular complexity index is 524. The number of anilines is 2. The number of para-hydroxylation sites is 1. The Morgan fingerprint density at radius 2 is 2.06 bits per heavy atom. The molecule has 0 aliphatic heterocycles. The Morgan fingerprint density at radius 3 is 2.67 bits per heavy atom. The van der Waals surface area contributed by atoms with Crippen molar-refractivity contribution in [2.45, 2.75) is 30.6 Å². The minimum atomic E-state index is -3.76. The number of rotatable bonds is 6. The fourth-order valence-corrected chi connectivity index (χ4v) is 2.65. The van der Waals surface area contributed by atoms with E-state index in [0.29, 0.717) is 5.69 Å². The highest BCUT2D eigenvalue weighted by Crippen LogP contribution is 2.33. The summed E-state index contributed by atoms with van der Waals surface area (Å²) in [7, 11) is -3.76. The van der Waals surface area contributed by atoms with Crippen LogP contribution in [-0.4, -0.2) is 15.0 Å². The summed E-state index contributed by atoms with van der Waals surface area (Å²) < 4.78 is 22.6. The summed E-state index contributed by atoms with van der Waals surface area (Å²) >= 11 is 0. The summed E-state index contributed by atoms with van der Waals surface area (Å²) in [6.07, 6.45) is 5.00. The zero-order valence-electron chi connectivity index (χ0n) is 10.2. The van der Waals surface area contributed by atoms with E-state index >= 15 is 0 Å². The quantitative estimate of drug-likeness (QED) is 0.538. The molecular weight excluding hydrogens is 250 g/mol. The van der Waals surface area contributed by atoms with Crippen molar-refractivity contribution < 1.29 is 8.42 Å². The summed E-state index contributed by atoms with van der Waals surface area (Å²) in [6.45, 7) is 0.800. The highest BCUT2D eigenvalue weighted by atomic mass is 32.2. The zero-order chi connectivity index (χ0) is 13.2. The Kier molecular flexibility index (Phi) is 3.77. The summed E-state index contributed by atoms with van der Waals surface area (Å²) in [5.74, 6) is 0.903. The topological polar surface area (TPSA) is 98.2 Å². The molecule has 5 nitrogen and oxygen atoms in total. The second kappa shape index (κ2) is 5.16. The van der Waals surface area contributed by atoms with Crippen LogP contribution in [0.5, 0.6) is 0 Å². The average molecular weight is 269 g/mol. The summed E-state index contributed by atoms with van der Waals surface area (Å²) in [5, 5.41) is 8.26. The van der Waals surface area contributed by atoms with Crippen LogP contribution in [-0.2, 0) is 10.0 Å². The van der Waals surface area contributed by atoms with Crippen LogP contribution in [0, 0.1) is 5.92 Å². The molecule has 0 radical (unpaired) electrons. The van der Waals surface area contributed by atoms with E-state index in [1.54, 1.807) is 12.1 Å². The lowest BCUT2D eigenvalue weighted by Crippen LogP contribution is -2.15. The lowest BCUT2D eigenvalue weighted by Gasteiger charge is -2.11.